The number of hydrogen-bond donors (Lipinski definition) is 0. The Hall–Kier alpha value is 0.170. The highest BCUT2D eigenvalue weighted by atomic mass is 127. The summed E-state index contributed by atoms with van der Waals surface area (Å²) >= 11 is 2.61. The van der Waals surface area contributed by atoms with Gasteiger partial charge >= 0.3 is 0 Å². The molecule has 2 fully saturated rings. The predicted octanol–water partition coefficient (Wildman–Crippen LogP) is 6.22. The molecule has 2 rings (SSSR count). The topological polar surface area (TPSA) is 9.23 Å². The summed E-state index contributed by atoms with van der Waals surface area (Å²) in [6.07, 6.45) is 17.9. The lowest BCUT2D eigenvalue weighted by atomic mass is 9.86. The minimum Gasteiger partial charge on any atom is -0.368 e. The van der Waals surface area contributed by atoms with Crippen LogP contribution in [0.3, 0.4) is 0 Å². The molecule has 1 aliphatic carbocycles. The highest BCUT2D eigenvalue weighted by Gasteiger charge is 2.26. The van der Waals surface area contributed by atoms with Gasteiger partial charge in [0.05, 0.1) is 11.7 Å². The van der Waals surface area contributed by atoms with Gasteiger partial charge in [0.15, 0.2) is 0 Å². The fourth-order valence-corrected chi connectivity index (χ4v) is 4.15. The molecule has 120 valence electrons. The molecule has 0 N–H and O–H groups in total. The molecule has 0 unspecified atom stereocenters. The van der Waals surface area contributed by atoms with Crippen LogP contribution in [0.25, 0.3) is 0 Å². The molecule has 2 aliphatic rings. The SMILES string of the molecule is CC(/C=C/[C@@H]1CCCC(C)(C)O1)=C\C[C@H]1CC[C@@H](I)CC1. The van der Waals surface area contributed by atoms with Gasteiger partial charge in [0.1, 0.15) is 0 Å². The van der Waals surface area contributed by atoms with Gasteiger partial charge in [0.2, 0.25) is 0 Å². The fourth-order valence-electron chi connectivity index (χ4n) is 3.43. The normalized spacial score (nSPS) is 34.3. The van der Waals surface area contributed by atoms with Crippen molar-refractivity contribution in [2.24, 2.45) is 5.92 Å². The lowest BCUT2D eigenvalue weighted by Crippen LogP contribution is -2.34. The van der Waals surface area contributed by atoms with E-state index < -0.39 is 0 Å². The molecular formula is C19H31IO. The zero-order chi connectivity index (χ0) is 15.3. The van der Waals surface area contributed by atoms with E-state index >= 15 is 0 Å². The minimum atomic E-state index is 0.0585. The maximum absolute atomic E-state index is 6.12. The average molecular weight is 402 g/mol. The first-order valence-corrected chi connectivity index (χ1v) is 9.86. The second-order valence-electron chi connectivity index (χ2n) is 7.47. The number of alkyl halides is 1. The molecule has 0 aromatic rings. The van der Waals surface area contributed by atoms with Crippen molar-refractivity contribution in [1.82, 2.24) is 0 Å². The van der Waals surface area contributed by atoms with E-state index in [9.17, 15) is 0 Å². The number of ether oxygens (including phenoxy) is 1. The first kappa shape index (κ1) is 17.5. The summed E-state index contributed by atoms with van der Waals surface area (Å²) in [5.41, 5.74) is 1.46. The Labute approximate surface area is 144 Å². The van der Waals surface area contributed by atoms with Gasteiger partial charge in [-0.3, -0.25) is 0 Å². The smallest absolute Gasteiger partial charge is 0.0766 e. The van der Waals surface area contributed by atoms with Gasteiger partial charge in [-0.15, -0.1) is 0 Å². The van der Waals surface area contributed by atoms with Crippen molar-refractivity contribution in [3.05, 3.63) is 23.8 Å². The van der Waals surface area contributed by atoms with Gasteiger partial charge in [-0.1, -0.05) is 46.4 Å². The van der Waals surface area contributed by atoms with Crippen LogP contribution < -0.4 is 0 Å². The number of allylic oxidation sites excluding steroid dienone is 3. The molecule has 21 heavy (non-hydrogen) atoms. The quantitative estimate of drug-likeness (QED) is 0.308. The van der Waals surface area contributed by atoms with Gasteiger partial charge in [-0.05, 0) is 78.1 Å². The summed E-state index contributed by atoms with van der Waals surface area (Å²) < 4.78 is 7.04. The van der Waals surface area contributed by atoms with E-state index in [0.29, 0.717) is 6.10 Å². The highest BCUT2D eigenvalue weighted by Crippen LogP contribution is 2.31. The molecule has 1 heterocycles. The molecule has 0 spiro atoms. The Bertz CT molecular complexity index is 375. The van der Waals surface area contributed by atoms with Crippen LogP contribution in [-0.2, 0) is 4.74 Å². The van der Waals surface area contributed by atoms with Crippen LogP contribution in [-0.4, -0.2) is 15.6 Å². The van der Waals surface area contributed by atoms with Crippen LogP contribution in [0.1, 0.15) is 72.1 Å². The molecular weight excluding hydrogens is 371 g/mol. The van der Waals surface area contributed by atoms with Crippen LogP contribution in [0.2, 0.25) is 0 Å². The number of rotatable bonds is 4. The Morgan fingerprint density at radius 2 is 1.90 bits per heavy atom. The molecule has 2 heteroatoms. The van der Waals surface area contributed by atoms with Crippen molar-refractivity contribution in [1.29, 1.82) is 0 Å². The molecule has 1 aliphatic heterocycles. The fraction of sp³-hybridized carbons (Fsp3) is 0.789. The zero-order valence-electron chi connectivity index (χ0n) is 13.9. The van der Waals surface area contributed by atoms with E-state index in [1.54, 1.807) is 0 Å². The molecule has 1 saturated carbocycles. The van der Waals surface area contributed by atoms with E-state index in [0.717, 1.165) is 9.84 Å². The van der Waals surface area contributed by atoms with E-state index in [1.165, 1.54) is 56.9 Å². The summed E-state index contributed by atoms with van der Waals surface area (Å²) in [5, 5.41) is 0. The lowest BCUT2D eigenvalue weighted by molar-refractivity contribution is -0.0858. The van der Waals surface area contributed by atoms with Crippen molar-refractivity contribution < 1.29 is 4.74 Å². The van der Waals surface area contributed by atoms with Gasteiger partial charge < -0.3 is 4.74 Å². The molecule has 0 aromatic carbocycles. The summed E-state index contributed by atoms with van der Waals surface area (Å²) in [5.74, 6) is 0.921. The second-order valence-corrected chi connectivity index (χ2v) is 9.23. The van der Waals surface area contributed by atoms with E-state index in [4.69, 9.17) is 4.74 Å². The summed E-state index contributed by atoms with van der Waals surface area (Å²) in [6.45, 7) is 6.65. The zero-order valence-corrected chi connectivity index (χ0v) is 16.1. The number of hydrogen-bond acceptors (Lipinski definition) is 1. The summed E-state index contributed by atoms with van der Waals surface area (Å²) in [6, 6.07) is 0. The third kappa shape index (κ3) is 6.43. The molecule has 0 bridgehead atoms. The Morgan fingerprint density at radius 3 is 2.57 bits per heavy atom. The van der Waals surface area contributed by atoms with E-state index in [1.807, 2.05) is 0 Å². The maximum Gasteiger partial charge on any atom is 0.0766 e. The highest BCUT2D eigenvalue weighted by molar-refractivity contribution is 14.1. The van der Waals surface area contributed by atoms with Crippen molar-refractivity contribution in [2.75, 3.05) is 0 Å². The van der Waals surface area contributed by atoms with Crippen molar-refractivity contribution >= 4 is 22.6 Å². The third-order valence-electron chi connectivity index (χ3n) is 4.86. The first-order chi connectivity index (χ1) is 9.94. The van der Waals surface area contributed by atoms with Gasteiger partial charge in [-0.25, -0.2) is 0 Å². The molecule has 0 radical (unpaired) electrons. The van der Waals surface area contributed by atoms with E-state index in [-0.39, 0.29) is 5.60 Å². The Morgan fingerprint density at radius 1 is 1.19 bits per heavy atom. The third-order valence-corrected chi connectivity index (χ3v) is 6.11. The van der Waals surface area contributed by atoms with E-state index in [2.05, 4.69) is 61.6 Å². The Balaban J connectivity index is 1.76. The van der Waals surface area contributed by atoms with Crippen molar-refractivity contribution in [3.63, 3.8) is 0 Å². The monoisotopic (exact) mass is 402 g/mol. The average Bonchev–Trinajstić information content (AvgIpc) is 2.43. The lowest BCUT2D eigenvalue weighted by Gasteiger charge is -2.34. The minimum absolute atomic E-state index is 0.0585. The number of halogens is 1. The molecule has 1 saturated heterocycles. The van der Waals surface area contributed by atoms with Gasteiger partial charge in [0, 0.05) is 3.92 Å². The molecule has 1 atom stereocenters. The van der Waals surface area contributed by atoms with Crippen molar-refractivity contribution in [3.8, 4) is 0 Å². The Kier molecular flexibility index (Phi) is 6.79. The summed E-state index contributed by atoms with van der Waals surface area (Å²) in [4.78, 5) is 0. The van der Waals surface area contributed by atoms with Crippen LogP contribution in [0, 0.1) is 5.92 Å². The van der Waals surface area contributed by atoms with Crippen LogP contribution in [0.4, 0.5) is 0 Å². The maximum atomic E-state index is 6.12. The van der Waals surface area contributed by atoms with Crippen LogP contribution >= 0.6 is 22.6 Å². The van der Waals surface area contributed by atoms with Crippen LogP contribution in [0.5, 0.6) is 0 Å². The summed E-state index contributed by atoms with van der Waals surface area (Å²) in [7, 11) is 0. The van der Waals surface area contributed by atoms with Crippen molar-refractivity contribution in [2.45, 2.75) is 87.8 Å². The molecule has 0 amide bonds. The standard InChI is InChI=1S/C19H31IO/c1-15(6-8-16-9-11-17(20)12-10-16)7-13-18-5-4-14-19(2,3)21-18/h6-7,13,16-18H,4-5,8-12,14H2,1-3H3/b13-7+,15-6+/t16-,17+,18-/m0/s1. The first-order valence-electron chi connectivity index (χ1n) is 8.61. The van der Waals surface area contributed by atoms with Gasteiger partial charge in [-0.2, -0.15) is 0 Å². The largest absolute Gasteiger partial charge is 0.368 e. The molecule has 0 aromatic heterocycles. The van der Waals surface area contributed by atoms with Crippen LogP contribution in [0.15, 0.2) is 23.8 Å². The predicted molar refractivity (Wildman–Crippen MR) is 100 cm³/mol. The van der Waals surface area contributed by atoms with Gasteiger partial charge in [0.25, 0.3) is 0 Å². The molecule has 1 nitrogen and oxygen atoms in total. The second kappa shape index (κ2) is 8.14.